The smallest absolute Gasteiger partial charge is 0.323 e. The second-order valence-corrected chi connectivity index (χ2v) is 11.0. The van der Waals surface area contributed by atoms with E-state index in [0.29, 0.717) is 6.61 Å². The van der Waals surface area contributed by atoms with Gasteiger partial charge in [0.2, 0.25) is 0 Å². The third-order valence-corrected chi connectivity index (χ3v) is 6.87. The van der Waals surface area contributed by atoms with Crippen LogP contribution in [-0.4, -0.2) is 25.9 Å². The second-order valence-electron chi connectivity index (χ2n) is 4.46. The molecule has 0 aromatic heterocycles. The maximum atomic E-state index is 11.6. The highest BCUT2D eigenvalue weighted by Gasteiger charge is 2.28. The lowest BCUT2D eigenvalue weighted by atomic mass is 10.3. The van der Waals surface area contributed by atoms with Crippen molar-refractivity contribution in [1.29, 1.82) is 0 Å². The quantitative estimate of drug-likeness (QED) is 0.562. The molecule has 1 aliphatic rings. The van der Waals surface area contributed by atoms with Crippen molar-refractivity contribution >= 4 is 25.8 Å². The molecule has 1 unspecified atom stereocenters. The molecule has 4 heteroatoms. The van der Waals surface area contributed by atoms with Crippen molar-refractivity contribution in [3.8, 4) is 0 Å². The van der Waals surface area contributed by atoms with Gasteiger partial charge in [0.05, 0.1) is 14.7 Å². The first-order valence-corrected chi connectivity index (χ1v) is 9.55. The molecule has 0 spiro atoms. The minimum absolute atomic E-state index is 0.123. The second kappa shape index (κ2) is 5.03. The van der Waals surface area contributed by atoms with Gasteiger partial charge in [-0.1, -0.05) is 37.9 Å². The van der Waals surface area contributed by atoms with Gasteiger partial charge in [-0.3, -0.25) is 4.79 Å². The van der Waals surface area contributed by atoms with Gasteiger partial charge in [0.15, 0.2) is 0 Å². The molecule has 0 fully saturated rings. The average molecular weight is 242 g/mol. The molecule has 1 heterocycles. The molecular weight excluding hydrogens is 224 g/mol. The molecule has 0 saturated carbocycles. The van der Waals surface area contributed by atoms with Crippen LogP contribution in [0.5, 0.6) is 0 Å². The molecule has 84 valence electrons. The molecule has 0 radical (unpaired) electrons. The number of carbonyl (C=O) groups excluding carboxylic acids is 1. The third kappa shape index (κ3) is 3.54. The molecular formula is C11H18O2SSi. The predicted octanol–water partition coefficient (Wildman–Crippen LogP) is 2.98. The molecule has 1 atom stereocenters. The van der Waals surface area contributed by atoms with E-state index in [9.17, 15) is 4.79 Å². The fourth-order valence-corrected chi connectivity index (χ4v) is 4.39. The third-order valence-electron chi connectivity index (χ3n) is 2.05. The molecule has 0 saturated heterocycles. The number of rotatable bonds is 3. The Balaban J connectivity index is 2.67. The maximum absolute atomic E-state index is 11.6. The van der Waals surface area contributed by atoms with Crippen molar-refractivity contribution in [2.75, 3.05) is 6.61 Å². The lowest BCUT2D eigenvalue weighted by Crippen LogP contribution is -2.27. The van der Waals surface area contributed by atoms with E-state index < -0.39 is 8.07 Å². The Hall–Kier alpha value is -0.483. The van der Waals surface area contributed by atoms with E-state index in [1.807, 2.05) is 19.1 Å². The summed E-state index contributed by atoms with van der Waals surface area (Å²) in [7, 11) is -1.30. The molecule has 0 aromatic carbocycles. The van der Waals surface area contributed by atoms with Gasteiger partial charge in [0, 0.05) is 0 Å². The molecule has 2 nitrogen and oxygen atoms in total. The number of hydrogen-bond acceptors (Lipinski definition) is 3. The molecule has 1 rings (SSSR count). The van der Waals surface area contributed by atoms with Gasteiger partial charge in [-0.05, 0) is 11.5 Å². The fourth-order valence-electron chi connectivity index (χ4n) is 1.24. The summed E-state index contributed by atoms with van der Waals surface area (Å²) < 4.78 is 6.38. The van der Waals surface area contributed by atoms with Crippen LogP contribution in [0.1, 0.15) is 6.92 Å². The van der Waals surface area contributed by atoms with Crippen LogP contribution in [0.4, 0.5) is 0 Å². The van der Waals surface area contributed by atoms with Crippen LogP contribution in [0.3, 0.4) is 0 Å². The van der Waals surface area contributed by atoms with Crippen molar-refractivity contribution in [1.82, 2.24) is 0 Å². The van der Waals surface area contributed by atoms with Gasteiger partial charge in [-0.15, -0.1) is 11.8 Å². The van der Waals surface area contributed by atoms with Crippen LogP contribution in [0.2, 0.25) is 19.6 Å². The molecule has 0 aromatic rings. The largest absolute Gasteiger partial charge is 0.465 e. The van der Waals surface area contributed by atoms with Crippen molar-refractivity contribution in [3.05, 3.63) is 22.8 Å². The number of ether oxygens (including phenoxy) is 1. The molecule has 0 amide bonds. The highest BCUT2D eigenvalue weighted by atomic mass is 32.2. The summed E-state index contributed by atoms with van der Waals surface area (Å²) in [6.07, 6.45) is 6.02. The Morgan fingerprint density at radius 2 is 2.20 bits per heavy atom. The van der Waals surface area contributed by atoms with Gasteiger partial charge in [-0.2, -0.15) is 0 Å². The van der Waals surface area contributed by atoms with Crippen molar-refractivity contribution < 1.29 is 9.53 Å². The van der Waals surface area contributed by atoms with Crippen molar-refractivity contribution in [2.45, 2.75) is 31.8 Å². The number of esters is 1. The minimum atomic E-state index is -1.30. The minimum Gasteiger partial charge on any atom is -0.465 e. The van der Waals surface area contributed by atoms with Crippen LogP contribution in [0.25, 0.3) is 0 Å². The first-order chi connectivity index (χ1) is 6.95. The first kappa shape index (κ1) is 12.6. The Morgan fingerprint density at radius 3 is 2.73 bits per heavy atom. The van der Waals surface area contributed by atoms with Crippen LogP contribution < -0.4 is 0 Å². The van der Waals surface area contributed by atoms with Gasteiger partial charge >= 0.3 is 5.97 Å². The lowest BCUT2D eigenvalue weighted by Gasteiger charge is -2.24. The number of allylic oxidation sites excluding steroid dienone is 2. The van der Waals surface area contributed by atoms with E-state index in [4.69, 9.17) is 4.74 Å². The average Bonchev–Trinajstić information content (AvgIpc) is 2.17. The summed E-state index contributed by atoms with van der Waals surface area (Å²) in [5.41, 5.74) is 0. The van der Waals surface area contributed by atoms with Crippen LogP contribution in [0.15, 0.2) is 22.8 Å². The number of hydrogen-bond donors (Lipinski definition) is 0. The topological polar surface area (TPSA) is 26.3 Å². The summed E-state index contributed by atoms with van der Waals surface area (Å²) in [5, 5.41) is -0.142. The van der Waals surface area contributed by atoms with Gasteiger partial charge in [0.25, 0.3) is 0 Å². The van der Waals surface area contributed by atoms with Gasteiger partial charge < -0.3 is 4.74 Å². The van der Waals surface area contributed by atoms with Gasteiger partial charge in [0.1, 0.15) is 5.25 Å². The van der Waals surface area contributed by atoms with E-state index in [2.05, 4.69) is 25.7 Å². The molecule has 1 aliphatic heterocycles. The zero-order chi connectivity index (χ0) is 11.5. The van der Waals surface area contributed by atoms with Crippen LogP contribution >= 0.6 is 11.8 Å². The van der Waals surface area contributed by atoms with Gasteiger partial charge in [-0.25, -0.2) is 0 Å². The summed E-state index contributed by atoms with van der Waals surface area (Å²) in [4.78, 5) is 11.6. The van der Waals surface area contributed by atoms with Crippen LogP contribution in [0, 0.1) is 0 Å². The standard InChI is InChI=1S/C11H18O2SSi/c1-5-13-11(12)9-7-6-8-10(14-9)15(2,3)4/h6-9H,5H2,1-4H3. The Kier molecular flexibility index (Phi) is 4.22. The lowest BCUT2D eigenvalue weighted by molar-refractivity contribution is -0.141. The maximum Gasteiger partial charge on any atom is 0.323 e. The SMILES string of the molecule is CCOC(=O)C1C=CC=C([Si](C)(C)C)S1. The Morgan fingerprint density at radius 1 is 1.53 bits per heavy atom. The van der Waals surface area contributed by atoms with Crippen molar-refractivity contribution in [3.63, 3.8) is 0 Å². The van der Waals surface area contributed by atoms with Crippen LogP contribution in [-0.2, 0) is 9.53 Å². The highest BCUT2D eigenvalue weighted by Crippen LogP contribution is 2.34. The highest BCUT2D eigenvalue weighted by molar-refractivity contribution is 8.06. The number of carbonyl (C=O) groups is 1. The summed E-state index contributed by atoms with van der Waals surface area (Å²) >= 11 is 1.65. The summed E-state index contributed by atoms with van der Waals surface area (Å²) in [5.74, 6) is -0.123. The van der Waals surface area contributed by atoms with E-state index >= 15 is 0 Å². The van der Waals surface area contributed by atoms with E-state index in [1.54, 1.807) is 11.8 Å². The van der Waals surface area contributed by atoms with E-state index in [-0.39, 0.29) is 11.2 Å². The zero-order valence-electron chi connectivity index (χ0n) is 9.74. The molecule has 0 bridgehead atoms. The monoisotopic (exact) mass is 242 g/mol. The number of thioether (sulfide) groups is 1. The Labute approximate surface area is 96.8 Å². The molecule has 0 N–H and O–H groups in total. The molecule has 15 heavy (non-hydrogen) atoms. The van der Waals surface area contributed by atoms with E-state index in [1.165, 1.54) is 4.53 Å². The Bertz CT molecular complexity index is 302. The normalized spacial score (nSPS) is 21.1. The predicted molar refractivity (Wildman–Crippen MR) is 68.6 cm³/mol. The first-order valence-electron chi connectivity index (χ1n) is 5.17. The fraction of sp³-hybridized carbons (Fsp3) is 0.545. The van der Waals surface area contributed by atoms with Crippen molar-refractivity contribution in [2.24, 2.45) is 0 Å². The molecule has 0 aliphatic carbocycles. The zero-order valence-corrected chi connectivity index (χ0v) is 11.6. The van der Waals surface area contributed by atoms with E-state index in [0.717, 1.165) is 0 Å². The summed E-state index contributed by atoms with van der Waals surface area (Å²) in [6, 6.07) is 0. The summed E-state index contributed by atoms with van der Waals surface area (Å²) in [6.45, 7) is 9.15.